The molecule has 0 saturated carbocycles. The molecule has 1 rings (SSSR count). The Morgan fingerprint density at radius 2 is 1.38 bits per heavy atom. The van der Waals surface area contributed by atoms with Crippen LogP contribution in [-0.2, 0) is 12.8 Å². The molecule has 0 heterocycles. The highest BCUT2D eigenvalue weighted by atomic mass is 19.4. The molecule has 0 radical (unpaired) electrons. The van der Waals surface area contributed by atoms with Gasteiger partial charge in [-0.3, -0.25) is 0 Å². The van der Waals surface area contributed by atoms with Crippen LogP contribution in [-0.4, -0.2) is 17.5 Å². The Labute approximate surface area is 118 Å². The van der Waals surface area contributed by atoms with Crippen molar-refractivity contribution >= 4 is 0 Å². The fourth-order valence-electron chi connectivity index (χ4n) is 2.24. The molecule has 0 fully saturated rings. The molecule has 0 saturated heterocycles. The van der Waals surface area contributed by atoms with E-state index in [0.717, 1.165) is 11.6 Å². The first-order valence-electron chi connectivity index (χ1n) is 6.45. The summed E-state index contributed by atoms with van der Waals surface area (Å²) in [6.45, 7) is 3.58. The van der Waals surface area contributed by atoms with Gasteiger partial charge in [0.2, 0.25) is 0 Å². The molecule has 0 spiro atoms. The molecule has 21 heavy (non-hydrogen) atoms. The fourth-order valence-corrected chi connectivity index (χ4v) is 2.24. The van der Waals surface area contributed by atoms with Gasteiger partial charge in [-0.15, -0.1) is 0 Å². The number of benzene rings is 1. The minimum Gasteiger partial charge on any atom is -0.387 e. The van der Waals surface area contributed by atoms with Gasteiger partial charge in [0.25, 0.3) is 0 Å². The molecule has 0 aliphatic heterocycles. The van der Waals surface area contributed by atoms with Crippen molar-refractivity contribution in [3.8, 4) is 0 Å². The lowest BCUT2D eigenvalue weighted by Crippen LogP contribution is -2.40. The molecule has 0 amide bonds. The van der Waals surface area contributed by atoms with Crippen LogP contribution in [0.1, 0.15) is 36.6 Å². The second-order valence-corrected chi connectivity index (χ2v) is 4.74. The molecular weight excluding hydrogens is 298 g/mol. The quantitative estimate of drug-likeness (QED) is 0.806. The van der Waals surface area contributed by atoms with Gasteiger partial charge in [-0.2, -0.15) is 26.3 Å². The van der Waals surface area contributed by atoms with Crippen LogP contribution in [0.2, 0.25) is 0 Å². The second-order valence-electron chi connectivity index (χ2n) is 4.74. The number of rotatable bonds is 4. The number of aliphatic hydroxyl groups excluding tert-OH is 1. The Kier molecular flexibility index (Phi) is 5.30. The first-order chi connectivity index (χ1) is 9.52. The minimum atomic E-state index is -5.56. The molecule has 0 aliphatic rings. The van der Waals surface area contributed by atoms with Gasteiger partial charge in [-0.1, -0.05) is 32.0 Å². The van der Waals surface area contributed by atoms with Crippen LogP contribution in [0, 0.1) is 5.92 Å². The second kappa shape index (κ2) is 6.25. The van der Waals surface area contributed by atoms with E-state index in [1.54, 1.807) is 6.92 Å². The van der Waals surface area contributed by atoms with E-state index in [2.05, 4.69) is 0 Å². The number of aliphatic hydroxyl groups is 1. The maximum absolute atomic E-state index is 12.6. The molecule has 1 unspecified atom stereocenters. The first kappa shape index (κ1) is 17.8. The van der Waals surface area contributed by atoms with Gasteiger partial charge in [-0.25, -0.2) is 0 Å². The van der Waals surface area contributed by atoms with Crippen LogP contribution in [0.4, 0.5) is 26.3 Å². The summed E-state index contributed by atoms with van der Waals surface area (Å²) >= 11 is 0. The monoisotopic (exact) mass is 314 g/mol. The summed E-state index contributed by atoms with van der Waals surface area (Å²) in [6, 6.07) is 3.79. The smallest absolute Gasteiger partial charge is 0.387 e. The molecule has 1 atom stereocenters. The largest absolute Gasteiger partial charge is 0.403 e. The molecule has 7 heteroatoms. The zero-order valence-corrected chi connectivity index (χ0v) is 11.5. The third-order valence-corrected chi connectivity index (χ3v) is 3.35. The van der Waals surface area contributed by atoms with Crippen molar-refractivity contribution < 1.29 is 31.4 Å². The van der Waals surface area contributed by atoms with Gasteiger partial charge in [0, 0.05) is 0 Å². The predicted molar refractivity (Wildman–Crippen MR) is 65.8 cm³/mol. The van der Waals surface area contributed by atoms with E-state index in [4.69, 9.17) is 0 Å². The summed E-state index contributed by atoms with van der Waals surface area (Å²) in [6.07, 6.45) is -12.7. The molecule has 0 aromatic heterocycles. The van der Waals surface area contributed by atoms with Gasteiger partial charge in [0.05, 0.1) is 6.10 Å². The summed E-state index contributed by atoms with van der Waals surface area (Å²) in [5.74, 6) is -3.79. The van der Waals surface area contributed by atoms with E-state index in [9.17, 15) is 31.4 Å². The van der Waals surface area contributed by atoms with Crippen LogP contribution in [0.5, 0.6) is 0 Å². The van der Waals surface area contributed by atoms with E-state index in [-0.39, 0.29) is 5.56 Å². The van der Waals surface area contributed by atoms with E-state index in [0.29, 0.717) is 18.4 Å². The van der Waals surface area contributed by atoms with Crippen molar-refractivity contribution in [2.24, 2.45) is 5.92 Å². The van der Waals surface area contributed by atoms with Crippen LogP contribution < -0.4 is 0 Å². The van der Waals surface area contributed by atoms with E-state index < -0.39 is 24.4 Å². The van der Waals surface area contributed by atoms with Crippen LogP contribution in [0.3, 0.4) is 0 Å². The minimum absolute atomic E-state index is 0.372. The van der Waals surface area contributed by atoms with Gasteiger partial charge >= 0.3 is 12.4 Å². The SMILES string of the molecule is CCc1ccc(C(O)C(C(F)(F)F)C(F)(F)F)cc1CC. The molecule has 120 valence electrons. The van der Waals surface area contributed by atoms with Gasteiger partial charge < -0.3 is 5.11 Å². The third kappa shape index (κ3) is 4.12. The summed E-state index contributed by atoms with van der Waals surface area (Å²) in [5, 5.41) is 9.60. The van der Waals surface area contributed by atoms with Crippen LogP contribution in [0.15, 0.2) is 18.2 Å². The summed E-state index contributed by atoms with van der Waals surface area (Å²) < 4.78 is 75.6. The van der Waals surface area contributed by atoms with Gasteiger partial charge in [0.1, 0.15) is 0 Å². The average Bonchev–Trinajstić information content (AvgIpc) is 2.34. The highest BCUT2D eigenvalue weighted by Crippen LogP contribution is 2.46. The lowest BCUT2D eigenvalue weighted by atomic mass is 9.91. The standard InChI is InChI=1S/C14H16F6O/c1-3-8-5-6-10(7-9(8)4-2)11(21)12(13(15,16)17)14(18,19)20/h5-7,11-12,21H,3-4H2,1-2H3. The van der Waals surface area contributed by atoms with Gasteiger partial charge in [-0.05, 0) is 29.5 Å². The first-order valence-corrected chi connectivity index (χ1v) is 6.45. The maximum atomic E-state index is 12.6. The number of aryl methyl sites for hydroxylation is 2. The highest BCUT2D eigenvalue weighted by Gasteiger charge is 2.60. The summed E-state index contributed by atoms with van der Waals surface area (Å²) in [7, 11) is 0. The van der Waals surface area contributed by atoms with Crippen molar-refractivity contribution in [1.82, 2.24) is 0 Å². The average molecular weight is 314 g/mol. The third-order valence-electron chi connectivity index (χ3n) is 3.35. The van der Waals surface area contributed by atoms with E-state index in [1.165, 1.54) is 12.1 Å². The number of hydrogen-bond acceptors (Lipinski definition) is 1. The molecule has 1 aromatic carbocycles. The summed E-state index contributed by atoms with van der Waals surface area (Å²) in [5.41, 5.74) is 1.10. The number of alkyl halides is 6. The van der Waals surface area contributed by atoms with Crippen LogP contribution >= 0.6 is 0 Å². The molecule has 1 aromatic rings. The van der Waals surface area contributed by atoms with E-state index >= 15 is 0 Å². The molecule has 0 bridgehead atoms. The number of halogens is 6. The number of hydrogen-bond donors (Lipinski definition) is 1. The van der Waals surface area contributed by atoms with Crippen molar-refractivity contribution in [3.05, 3.63) is 34.9 Å². The Morgan fingerprint density at radius 1 is 0.905 bits per heavy atom. The van der Waals surface area contributed by atoms with Crippen molar-refractivity contribution in [2.45, 2.75) is 45.1 Å². The predicted octanol–water partition coefficient (Wildman–Crippen LogP) is 4.59. The topological polar surface area (TPSA) is 20.2 Å². The Balaban J connectivity index is 3.25. The van der Waals surface area contributed by atoms with Crippen molar-refractivity contribution in [3.63, 3.8) is 0 Å². The Morgan fingerprint density at radius 3 is 1.76 bits per heavy atom. The zero-order chi connectivity index (χ0) is 16.4. The highest BCUT2D eigenvalue weighted by molar-refractivity contribution is 5.33. The molecular formula is C14H16F6O. The fraction of sp³-hybridized carbons (Fsp3) is 0.571. The van der Waals surface area contributed by atoms with Gasteiger partial charge in [0.15, 0.2) is 5.92 Å². The lowest BCUT2D eigenvalue weighted by Gasteiger charge is -2.28. The maximum Gasteiger partial charge on any atom is 0.403 e. The van der Waals surface area contributed by atoms with Crippen molar-refractivity contribution in [2.75, 3.05) is 0 Å². The van der Waals surface area contributed by atoms with E-state index in [1.807, 2.05) is 6.92 Å². The zero-order valence-electron chi connectivity index (χ0n) is 11.5. The summed E-state index contributed by atoms with van der Waals surface area (Å²) in [4.78, 5) is 0. The van der Waals surface area contributed by atoms with Crippen molar-refractivity contribution in [1.29, 1.82) is 0 Å². The molecule has 1 nitrogen and oxygen atoms in total. The normalized spacial score (nSPS) is 14.6. The Bertz CT molecular complexity index is 463. The Hall–Kier alpha value is -1.24. The van der Waals surface area contributed by atoms with Crippen LogP contribution in [0.25, 0.3) is 0 Å². The molecule has 1 N–H and O–H groups in total. The lowest BCUT2D eigenvalue weighted by molar-refractivity contribution is -0.307. The molecule has 0 aliphatic carbocycles.